The third-order valence-electron chi connectivity index (χ3n) is 3.29. The Hall–Kier alpha value is -2.16. The molecular formula is C19H39N5O4. The molecule has 2 heterocycles. The number of likely N-dealkylation sites (tertiary alicyclic amines) is 1. The van der Waals surface area contributed by atoms with Gasteiger partial charge in [0.05, 0.1) is 11.0 Å². The van der Waals surface area contributed by atoms with Crippen molar-refractivity contribution in [2.75, 3.05) is 27.2 Å². The van der Waals surface area contributed by atoms with Crippen LogP contribution in [0.3, 0.4) is 0 Å². The highest BCUT2D eigenvalue weighted by Crippen LogP contribution is 2.24. The Kier molecular flexibility index (Phi) is 14.9. The Balaban J connectivity index is 0. The lowest BCUT2D eigenvalue weighted by Crippen LogP contribution is -2.42. The van der Waals surface area contributed by atoms with Crippen molar-refractivity contribution in [1.29, 1.82) is 0 Å². The highest BCUT2D eigenvalue weighted by atomic mass is 16.6. The lowest BCUT2D eigenvalue weighted by molar-refractivity contribution is -0.385. The summed E-state index contributed by atoms with van der Waals surface area (Å²) in [5.74, 6) is 0. The molecule has 28 heavy (non-hydrogen) atoms. The second-order valence-electron chi connectivity index (χ2n) is 6.63. The van der Waals surface area contributed by atoms with Crippen LogP contribution in [0, 0.1) is 10.1 Å². The first-order valence-corrected chi connectivity index (χ1v) is 9.93. The van der Waals surface area contributed by atoms with Crippen molar-refractivity contribution in [3.63, 3.8) is 0 Å². The molecule has 0 aromatic carbocycles. The van der Waals surface area contributed by atoms with Gasteiger partial charge in [-0.05, 0) is 47.7 Å². The van der Waals surface area contributed by atoms with Crippen LogP contribution in [0.4, 0.5) is 10.5 Å². The first-order chi connectivity index (χ1) is 13.2. The van der Waals surface area contributed by atoms with Gasteiger partial charge in [0.1, 0.15) is 18.0 Å². The van der Waals surface area contributed by atoms with E-state index in [1.54, 1.807) is 9.58 Å². The van der Waals surface area contributed by atoms with Gasteiger partial charge in [-0.15, -0.1) is 0 Å². The van der Waals surface area contributed by atoms with E-state index in [1.807, 2.05) is 62.6 Å². The molecule has 0 saturated carbocycles. The number of rotatable bonds is 2. The third-order valence-corrected chi connectivity index (χ3v) is 3.29. The summed E-state index contributed by atoms with van der Waals surface area (Å²) in [6.07, 6.45) is 3.79. The Morgan fingerprint density at radius 3 is 2.04 bits per heavy atom. The molecule has 9 heteroatoms. The predicted molar refractivity (Wildman–Crippen MR) is 113 cm³/mol. The highest BCUT2D eigenvalue weighted by molar-refractivity contribution is 5.68. The summed E-state index contributed by atoms with van der Waals surface area (Å²) in [7, 11) is 3.75. The fourth-order valence-electron chi connectivity index (χ4n) is 2.26. The minimum Gasteiger partial charge on any atom is -0.444 e. The number of hydrogen-bond donors (Lipinski definition) is 1. The molecule has 9 nitrogen and oxygen atoms in total. The van der Waals surface area contributed by atoms with Crippen molar-refractivity contribution in [2.24, 2.45) is 0 Å². The Bertz CT molecular complexity index is 547. The second-order valence-corrected chi connectivity index (χ2v) is 6.63. The minimum atomic E-state index is -0.503. The summed E-state index contributed by atoms with van der Waals surface area (Å²) >= 11 is 0. The molecular weight excluding hydrogens is 362 g/mol. The van der Waals surface area contributed by atoms with Crippen LogP contribution in [0.1, 0.15) is 67.3 Å². The molecule has 0 atom stereocenters. The summed E-state index contributed by atoms with van der Waals surface area (Å²) in [6.45, 7) is 14.6. The van der Waals surface area contributed by atoms with Crippen LogP contribution >= 0.6 is 0 Å². The first-order valence-electron chi connectivity index (χ1n) is 9.93. The van der Waals surface area contributed by atoms with E-state index in [9.17, 15) is 14.9 Å². The summed E-state index contributed by atoms with van der Waals surface area (Å²) in [4.78, 5) is 23.8. The van der Waals surface area contributed by atoms with E-state index in [0.717, 1.165) is 0 Å². The van der Waals surface area contributed by atoms with Crippen LogP contribution < -0.4 is 5.32 Å². The van der Waals surface area contributed by atoms with E-state index in [2.05, 4.69) is 10.4 Å². The minimum absolute atomic E-state index is 0.00966. The fraction of sp³-hybridized carbons (Fsp3) is 0.789. The van der Waals surface area contributed by atoms with Crippen LogP contribution in [0.5, 0.6) is 0 Å². The largest absolute Gasteiger partial charge is 0.444 e. The average molecular weight is 402 g/mol. The molecule has 0 aliphatic carbocycles. The second kappa shape index (κ2) is 14.8. The maximum absolute atomic E-state index is 11.9. The van der Waals surface area contributed by atoms with Crippen LogP contribution in [-0.2, 0) is 4.74 Å². The maximum atomic E-state index is 11.9. The molecule has 0 spiro atoms. The number of hydrogen-bond acceptors (Lipinski definition) is 6. The molecule has 1 aliphatic heterocycles. The standard InChI is InChI=1S/C13H20N4O4.C2H7N.2C2H6/c1-13(2,3)21-12(18)15-6-4-10(5-7-15)16-9-11(8-14-16)17(19)20;1-3-2;2*1-2/h8-10H,4-7H2,1-3H3;3H,1-2H3;2*1-2H3. The predicted octanol–water partition coefficient (Wildman–Crippen LogP) is 4.25. The Labute approximate surface area is 169 Å². The lowest BCUT2D eigenvalue weighted by atomic mass is 10.1. The first kappa shape index (κ1) is 28.1. The molecule has 164 valence electrons. The van der Waals surface area contributed by atoms with E-state index >= 15 is 0 Å². The van der Waals surface area contributed by atoms with E-state index in [-0.39, 0.29) is 17.8 Å². The number of ether oxygens (including phenoxy) is 1. The van der Waals surface area contributed by atoms with Crippen molar-refractivity contribution in [2.45, 2.75) is 73.0 Å². The zero-order valence-corrected chi connectivity index (χ0v) is 19.0. The Morgan fingerprint density at radius 1 is 1.21 bits per heavy atom. The molecule has 0 bridgehead atoms. The molecule has 0 radical (unpaired) electrons. The quantitative estimate of drug-likeness (QED) is 0.587. The van der Waals surface area contributed by atoms with Gasteiger partial charge in [0, 0.05) is 13.1 Å². The van der Waals surface area contributed by atoms with E-state index in [0.29, 0.717) is 25.9 Å². The summed E-state index contributed by atoms with van der Waals surface area (Å²) in [5, 5.41) is 17.4. The number of nitrogens with zero attached hydrogens (tertiary/aromatic N) is 4. The number of carbonyl (C=O) groups is 1. The van der Waals surface area contributed by atoms with Crippen molar-refractivity contribution < 1.29 is 14.5 Å². The fourth-order valence-corrected chi connectivity index (χ4v) is 2.26. The number of carbonyl (C=O) groups excluding carboxylic acids is 1. The van der Waals surface area contributed by atoms with E-state index < -0.39 is 10.5 Å². The van der Waals surface area contributed by atoms with Crippen molar-refractivity contribution in [3.8, 4) is 0 Å². The van der Waals surface area contributed by atoms with Gasteiger partial charge in [0.15, 0.2) is 0 Å². The number of nitro groups is 1. The molecule has 1 fully saturated rings. The third kappa shape index (κ3) is 10.9. The summed E-state index contributed by atoms with van der Waals surface area (Å²) in [6, 6.07) is 0.0809. The van der Waals surface area contributed by atoms with Gasteiger partial charge in [0.2, 0.25) is 0 Å². The SMILES string of the molecule is CC.CC.CC(C)(C)OC(=O)N1CCC(n2cc([N+](=O)[O-])cn2)CC1.CNC. The molecule has 0 unspecified atom stereocenters. The Morgan fingerprint density at radius 2 is 1.68 bits per heavy atom. The summed E-state index contributed by atoms with van der Waals surface area (Å²) < 4.78 is 6.94. The molecule has 1 amide bonds. The zero-order chi connectivity index (χ0) is 22.3. The monoisotopic (exact) mass is 401 g/mol. The number of aromatic nitrogens is 2. The van der Waals surface area contributed by atoms with Crippen LogP contribution in [-0.4, -0.2) is 58.5 Å². The van der Waals surface area contributed by atoms with Gasteiger partial charge in [0.25, 0.3) is 0 Å². The summed E-state index contributed by atoms with van der Waals surface area (Å²) in [5.41, 5.74) is -0.513. The topological polar surface area (TPSA) is 103 Å². The molecule has 1 aliphatic rings. The van der Waals surface area contributed by atoms with Crippen LogP contribution in [0.15, 0.2) is 12.4 Å². The lowest BCUT2D eigenvalue weighted by Gasteiger charge is -2.33. The average Bonchev–Trinajstić information content (AvgIpc) is 3.15. The molecule has 1 saturated heterocycles. The van der Waals surface area contributed by atoms with Crippen LogP contribution in [0.25, 0.3) is 0 Å². The van der Waals surface area contributed by atoms with Gasteiger partial charge in [-0.2, -0.15) is 5.10 Å². The molecule has 2 rings (SSSR count). The van der Waals surface area contributed by atoms with Crippen molar-refractivity contribution in [3.05, 3.63) is 22.5 Å². The number of nitrogens with one attached hydrogen (secondary N) is 1. The molecule has 1 aromatic heterocycles. The van der Waals surface area contributed by atoms with Gasteiger partial charge in [-0.25, -0.2) is 4.79 Å². The maximum Gasteiger partial charge on any atom is 0.410 e. The van der Waals surface area contributed by atoms with Gasteiger partial charge >= 0.3 is 11.8 Å². The smallest absolute Gasteiger partial charge is 0.410 e. The highest BCUT2D eigenvalue weighted by Gasteiger charge is 2.28. The molecule has 1 aromatic rings. The number of piperidine rings is 1. The molecule has 1 N–H and O–H groups in total. The van der Waals surface area contributed by atoms with Gasteiger partial charge < -0.3 is 15.0 Å². The normalized spacial score (nSPS) is 13.7. The van der Waals surface area contributed by atoms with Gasteiger partial charge in [-0.1, -0.05) is 27.7 Å². The zero-order valence-electron chi connectivity index (χ0n) is 19.0. The number of amides is 1. The van der Waals surface area contributed by atoms with Crippen molar-refractivity contribution >= 4 is 11.8 Å². The van der Waals surface area contributed by atoms with Crippen molar-refractivity contribution in [1.82, 2.24) is 20.0 Å². The van der Waals surface area contributed by atoms with Gasteiger partial charge in [-0.3, -0.25) is 14.8 Å². The van der Waals surface area contributed by atoms with E-state index in [1.165, 1.54) is 12.4 Å². The van der Waals surface area contributed by atoms with Crippen LogP contribution in [0.2, 0.25) is 0 Å². The van der Waals surface area contributed by atoms with E-state index in [4.69, 9.17) is 4.74 Å².